The van der Waals surface area contributed by atoms with Crippen LogP contribution >= 0.6 is 11.5 Å². The van der Waals surface area contributed by atoms with Gasteiger partial charge in [-0.05, 0) is 17.5 Å². The van der Waals surface area contributed by atoms with Gasteiger partial charge in [-0.3, -0.25) is 4.79 Å². The second-order valence-electron chi connectivity index (χ2n) is 2.98. The van der Waals surface area contributed by atoms with Gasteiger partial charge in [-0.1, -0.05) is 18.3 Å². The van der Waals surface area contributed by atoms with E-state index in [9.17, 15) is 4.79 Å². The average Bonchev–Trinajstić information content (AvgIpc) is 2.62. The molecule has 0 aliphatic heterocycles. The first-order valence-electron chi connectivity index (χ1n) is 4.14. The van der Waals surface area contributed by atoms with Crippen LogP contribution in [0.25, 0.3) is 0 Å². The Morgan fingerprint density at radius 3 is 3.00 bits per heavy atom. The average molecular weight is 210 g/mol. The minimum atomic E-state index is -0.273. The molecule has 0 aliphatic rings. The van der Waals surface area contributed by atoms with Crippen LogP contribution in [0, 0.1) is 11.3 Å². The van der Waals surface area contributed by atoms with Gasteiger partial charge in [0.25, 0.3) is 5.91 Å². The zero-order chi connectivity index (χ0) is 10.6. The fourth-order valence-corrected chi connectivity index (χ4v) is 1.67. The molecule has 1 rings (SSSR count). The number of hydrogen-bond acceptors (Lipinski definition) is 5. The SMILES string of the molecule is CC(C)c1nnsc1C(=O)NCC#N. The number of hydrogen-bond donors (Lipinski definition) is 1. The number of nitrogens with one attached hydrogen (secondary N) is 1. The summed E-state index contributed by atoms with van der Waals surface area (Å²) in [5.74, 6) is -0.109. The van der Waals surface area contributed by atoms with Crippen molar-refractivity contribution in [2.24, 2.45) is 0 Å². The monoisotopic (exact) mass is 210 g/mol. The summed E-state index contributed by atoms with van der Waals surface area (Å²) in [6.07, 6.45) is 0. The molecule has 0 fully saturated rings. The Kier molecular flexibility index (Phi) is 3.54. The molecular formula is C8H10N4OS. The first-order valence-corrected chi connectivity index (χ1v) is 4.91. The third kappa shape index (κ3) is 2.26. The van der Waals surface area contributed by atoms with Gasteiger partial charge in [0, 0.05) is 0 Å². The number of nitrogens with zero attached hydrogens (tertiary/aromatic N) is 3. The molecule has 1 aromatic rings. The largest absolute Gasteiger partial charge is 0.338 e. The second kappa shape index (κ2) is 4.67. The van der Waals surface area contributed by atoms with Crippen LogP contribution in [-0.2, 0) is 0 Å². The lowest BCUT2D eigenvalue weighted by Crippen LogP contribution is -2.23. The van der Waals surface area contributed by atoms with Gasteiger partial charge in [-0.15, -0.1) is 5.10 Å². The number of carbonyl (C=O) groups is 1. The molecule has 14 heavy (non-hydrogen) atoms. The summed E-state index contributed by atoms with van der Waals surface area (Å²) in [5, 5.41) is 14.6. The number of aromatic nitrogens is 2. The molecule has 1 aromatic heterocycles. The maximum absolute atomic E-state index is 11.5. The minimum absolute atomic E-state index is 0.00820. The summed E-state index contributed by atoms with van der Waals surface area (Å²) in [6.45, 7) is 3.89. The van der Waals surface area contributed by atoms with Crippen molar-refractivity contribution >= 4 is 17.4 Å². The summed E-state index contributed by atoms with van der Waals surface area (Å²) in [4.78, 5) is 12.0. The standard InChI is InChI=1S/C8H10N4OS/c1-5(2)6-7(14-12-11-6)8(13)10-4-3-9/h5H,4H2,1-2H3,(H,10,13). The van der Waals surface area contributed by atoms with Crippen LogP contribution < -0.4 is 5.32 Å². The molecular weight excluding hydrogens is 200 g/mol. The van der Waals surface area contributed by atoms with E-state index in [-0.39, 0.29) is 18.4 Å². The quantitative estimate of drug-likeness (QED) is 0.752. The highest BCUT2D eigenvalue weighted by molar-refractivity contribution is 7.08. The van der Waals surface area contributed by atoms with Gasteiger partial charge in [0.2, 0.25) is 0 Å². The number of rotatable bonds is 3. The summed E-state index contributed by atoms with van der Waals surface area (Å²) >= 11 is 1.05. The van der Waals surface area contributed by atoms with E-state index in [0.717, 1.165) is 11.5 Å². The van der Waals surface area contributed by atoms with Gasteiger partial charge < -0.3 is 5.32 Å². The smallest absolute Gasteiger partial charge is 0.265 e. The van der Waals surface area contributed by atoms with Crippen LogP contribution in [0.4, 0.5) is 0 Å². The van der Waals surface area contributed by atoms with Crippen molar-refractivity contribution in [3.63, 3.8) is 0 Å². The van der Waals surface area contributed by atoms with Crippen molar-refractivity contribution in [2.75, 3.05) is 6.54 Å². The van der Waals surface area contributed by atoms with Crippen LogP contribution in [-0.4, -0.2) is 22.0 Å². The topological polar surface area (TPSA) is 78.7 Å². The Morgan fingerprint density at radius 1 is 1.71 bits per heavy atom. The molecule has 6 heteroatoms. The molecule has 0 aliphatic carbocycles. The normalized spacial score (nSPS) is 9.86. The van der Waals surface area contributed by atoms with Gasteiger partial charge in [-0.2, -0.15) is 5.26 Å². The minimum Gasteiger partial charge on any atom is -0.338 e. The van der Waals surface area contributed by atoms with Crippen molar-refractivity contribution in [1.82, 2.24) is 14.9 Å². The maximum atomic E-state index is 11.5. The Labute approximate surface area is 85.9 Å². The molecule has 0 unspecified atom stereocenters. The van der Waals surface area contributed by atoms with Crippen molar-refractivity contribution in [3.05, 3.63) is 10.6 Å². The molecule has 0 radical (unpaired) electrons. The Bertz CT molecular complexity index is 366. The first kappa shape index (κ1) is 10.6. The summed E-state index contributed by atoms with van der Waals surface area (Å²) in [5.41, 5.74) is 0.686. The van der Waals surface area contributed by atoms with E-state index < -0.39 is 0 Å². The second-order valence-corrected chi connectivity index (χ2v) is 3.74. The van der Waals surface area contributed by atoms with Gasteiger partial charge in [0.1, 0.15) is 11.4 Å². The molecule has 1 N–H and O–H groups in total. The first-order chi connectivity index (χ1) is 6.66. The number of nitriles is 1. The van der Waals surface area contributed by atoms with Crippen molar-refractivity contribution in [3.8, 4) is 6.07 Å². The molecule has 0 atom stereocenters. The molecule has 0 saturated carbocycles. The fraction of sp³-hybridized carbons (Fsp3) is 0.500. The number of amides is 1. The van der Waals surface area contributed by atoms with E-state index in [1.807, 2.05) is 19.9 Å². The lowest BCUT2D eigenvalue weighted by Gasteiger charge is -2.02. The van der Waals surface area contributed by atoms with Gasteiger partial charge in [-0.25, -0.2) is 0 Å². The summed E-state index contributed by atoms with van der Waals surface area (Å²) < 4.78 is 3.72. The van der Waals surface area contributed by atoms with Crippen LogP contribution in [0.1, 0.15) is 35.1 Å². The lowest BCUT2D eigenvalue weighted by atomic mass is 10.1. The Balaban J connectivity index is 2.80. The van der Waals surface area contributed by atoms with E-state index >= 15 is 0 Å². The van der Waals surface area contributed by atoms with E-state index in [2.05, 4.69) is 14.9 Å². The zero-order valence-electron chi connectivity index (χ0n) is 7.94. The molecule has 0 saturated heterocycles. The van der Waals surface area contributed by atoms with Crippen molar-refractivity contribution in [2.45, 2.75) is 19.8 Å². The van der Waals surface area contributed by atoms with Crippen LogP contribution in [0.3, 0.4) is 0 Å². The third-order valence-corrected chi connectivity index (χ3v) is 2.33. The van der Waals surface area contributed by atoms with E-state index in [1.165, 1.54) is 0 Å². The Hall–Kier alpha value is -1.48. The van der Waals surface area contributed by atoms with Crippen LogP contribution in [0.15, 0.2) is 0 Å². The van der Waals surface area contributed by atoms with Crippen LogP contribution in [0.5, 0.6) is 0 Å². The number of carbonyl (C=O) groups excluding carboxylic acids is 1. The molecule has 1 amide bonds. The van der Waals surface area contributed by atoms with Crippen molar-refractivity contribution in [1.29, 1.82) is 5.26 Å². The fourth-order valence-electron chi connectivity index (χ4n) is 0.933. The zero-order valence-corrected chi connectivity index (χ0v) is 8.76. The lowest BCUT2D eigenvalue weighted by molar-refractivity contribution is 0.0961. The van der Waals surface area contributed by atoms with E-state index in [0.29, 0.717) is 10.6 Å². The molecule has 74 valence electrons. The van der Waals surface area contributed by atoms with E-state index in [1.54, 1.807) is 0 Å². The summed E-state index contributed by atoms with van der Waals surface area (Å²) in [6, 6.07) is 1.84. The maximum Gasteiger partial charge on any atom is 0.265 e. The van der Waals surface area contributed by atoms with Crippen molar-refractivity contribution < 1.29 is 4.79 Å². The van der Waals surface area contributed by atoms with Gasteiger partial charge >= 0.3 is 0 Å². The highest BCUT2D eigenvalue weighted by atomic mass is 32.1. The highest BCUT2D eigenvalue weighted by Gasteiger charge is 2.17. The predicted octanol–water partition coefficient (Wildman–Crippen LogP) is 0.915. The van der Waals surface area contributed by atoms with Crippen LogP contribution in [0.2, 0.25) is 0 Å². The molecule has 5 nitrogen and oxygen atoms in total. The van der Waals surface area contributed by atoms with E-state index in [4.69, 9.17) is 5.26 Å². The Morgan fingerprint density at radius 2 is 2.43 bits per heavy atom. The van der Waals surface area contributed by atoms with Gasteiger partial charge in [0.15, 0.2) is 0 Å². The molecule has 0 spiro atoms. The summed E-state index contributed by atoms with van der Waals surface area (Å²) in [7, 11) is 0. The molecule has 0 bridgehead atoms. The third-order valence-electron chi connectivity index (χ3n) is 1.59. The highest BCUT2D eigenvalue weighted by Crippen LogP contribution is 2.19. The van der Waals surface area contributed by atoms with Gasteiger partial charge in [0.05, 0.1) is 11.8 Å². The molecule has 1 heterocycles. The predicted molar refractivity (Wildman–Crippen MR) is 51.9 cm³/mol. The molecule has 0 aromatic carbocycles.